The highest BCUT2D eigenvalue weighted by Crippen LogP contribution is 2.70. The molecule has 44 heavy (non-hydrogen) atoms. The molecule has 2 N–H and O–H groups in total. The zero-order chi connectivity index (χ0) is 31.6. The molecule has 0 bridgehead atoms. The van der Waals surface area contributed by atoms with Crippen LogP contribution in [0.4, 0.5) is 0 Å². The lowest BCUT2D eigenvalue weighted by Crippen LogP contribution is -2.61. The molecule has 4 fully saturated rings. The number of hydrogen-bond acceptors (Lipinski definition) is 12. The van der Waals surface area contributed by atoms with Gasteiger partial charge in [0.15, 0.2) is 18.5 Å². The van der Waals surface area contributed by atoms with Gasteiger partial charge in [-0.05, 0) is 93.1 Å². The fraction of sp³-hybridized carbons (Fsp3) is 0.767. The normalized spacial score (nSPS) is 44.8. The van der Waals surface area contributed by atoms with Crippen LogP contribution in [0.3, 0.4) is 0 Å². The molecule has 0 amide bonds. The van der Waals surface area contributed by atoms with E-state index in [4.69, 9.17) is 13.9 Å². The fourth-order valence-electron chi connectivity index (χ4n) is 9.61. The molecule has 0 aromatic carbocycles. The lowest BCUT2D eigenvalue weighted by molar-refractivity contribution is -0.805. The highest BCUT2D eigenvalue weighted by atomic mass is 17.0. The van der Waals surface area contributed by atoms with Gasteiger partial charge in [0.25, 0.3) is 10.2 Å². The molecule has 14 nitrogen and oxygen atoms in total. The van der Waals surface area contributed by atoms with Crippen LogP contribution in [0.25, 0.3) is 0 Å². The summed E-state index contributed by atoms with van der Waals surface area (Å²) in [4.78, 5) is 42.8. The third-order valence-corrected chi connectivity index (χ3v) is 11.9. The third kappa shape index (κ3) is 4.90. The first-order valence-electron chi connectivity index (χ1n) is 15.4. The van der Waals surface area contributed by atoms with Crippen LogP contribution in [0.5, 0.6) is 0 Å². The van der Waals surface area contributed by atoms with Crippen molar-refractivity contribution in [2.24, 2.45) is 22.7 Å². The summed E-state index contributed by atoms with van der Waals surface area (Å²) in [5.41, 5.74) is 0.475. The first-order chi connectivity index (χ1) is 20.8. The predicted molar refractivity (Wildman–Crippen MR) is 150 cm³/mol. The van der Waals surface area contributed by atoms with Crippen LogP contribution in [-0.4, -0.2) is 62.8 Å². The number of aliphatic hydroxyl groups excluding tert-OH is 1. The van der Waals surface area contributed by atoms with Gasteiger partial charge in [-0.3, -0.25) is 0 Å². The van der Waals surface area contributed by atoms with E-state index in [-0.39, 0.29) is 34.2 Å². The van der Waals surface area contributed by atoms with Crippen molar-refractivity contribution < 1.29 is 44.0 Å². The maximum Gasteiger partial charge on any atom is 0.335 e. The van der Waals surface area contributed by atoms with E-state index in [1.54, 1.807) is 6.26 Å². The summed E-state index contributed by atoms with van der Waals surface area (Å²) < 4.78 is 17.0. The lowest BCUT2D eigenvalue weighted by Gasteiger charge is -2.62. The van der Waals surface area contributed by atoms with Crippen molar-refractivity contribution in [1.29, 1.82) is 0 Å². The zero-order valence-corrected chi connectivity index (χ0v) is 25.0. The summed E-state index contributed by atoms with van der Waals surface area (Å²) in [6, 6.07) is 3.28. The van der Waals surface area contributed by atoms with Crippen LogP contribution in [0.15, 0.2) is 39.3 Å². The van der Waals surface area contributed by atoms with Crippen molar-refractivity contribution in [2.45, 2.75) is 120 Å². The van der Waals surface area contributed by atoms with Gasteiger partial charge in [-0.15, -0.1) is 20.2 Å². The van der Waals surface area contributed by atoms with E-state index in [2.05, 4.69) is 29.6 Å². The van der Waals surface area contributed by atoms with Gasteiger partial charge in [0.2, 0.25) is 0 Å². The number of fused-ring (bicyclic) bond motifs is 5. The van der Waals surface area contributed by atoms with Crippen LogP contribution >= 0.6 is 0 Å². The fourth-order valence-corrected chi connectivity index (χ4v) is 9.61. The second-order valence-corrected chi connectivity index (χ2v) is 13.7. The Balaban J connectivity index is 1.18. The Morgan fingerprint density at radius 1 is 0.977 bits per heavy atom. The molecular formula is C30H40N2O12. The molecule has 4 aliphatic carbocycles. The van der Waals surface area contributed by atoms with Crippen LogP contribution in [0, 0.1) is 42.9 Å². The van der Waals surface area contributed by atoms with E-state index < -0.39 is 52.6 Å². The number of aliphatic hydroxyl groups is 2. The standard InChI is InChI=1S/C30H40N2O12/c1-16-25(43-31(36)37)26(44-32(38)39)24(34)27(41-16)42-19-8-11-28(2)18(14-19)5-6-22-21(28)9-12-29(3)20(10-13-30(22,29)35)17-4-7-23(33)40-15-17/h4,7,14-16,19-22,24-27,34-35H,5-6,8-13H2,1-3H3/t16-,19-,20+,21-,22+,24+,25-,26-,27-,28-,29+,30-/m0/s1. The second-order valence-electron chi connectivity index (χ2n) is 13.7. The Morgan fingerprint density at radius 3 is 2.39 bits per heavy atom. The van der Waals surface area contributed by atoms with E-state index in [9.17, 15) is 35.2 Å². The molecule has 14 heteroatoms. The Hall–Kier alpha value is -3.07. The molecular weight excluding hydrogens is 580 g/mol. The maximum absolute atomic E-state index is 12.4. The van der Waals surface area contributed by atoms with Crippen molar-refractivity contribution in [3.8, 4) is 0 Å². The highest BCUT2D eigenvalue weighted by molar-refractivity contribution is 5.31. The smallest absolute Gasteiger partial charge is 0.335 e. The van der Waals surface area contributed by atoms with E-state index in [0.717, 1.165) is 44.1 Å². The summed E-state index contributed by atoms with van der Waals surface area (Å²) in [7, 11) is 0. The van der Waals surface area contributed by atoms with Gasteiger partial charge in [0, 0.05) is 11.5 Å². The molecule has 242 valence electrons. The van der Waals surface area contributed by atoms with Gasteiger partial charge >= 0.3 is 5.63 Å². The van der Waals surface area contributed by atoms with Gasteiger partial charge in [-0.1, -0.05) is 25.5 Å². The monoisotopic (exact) mass is 620 g/mol. The van der Waals surface area contributed by atoms with Gasteiger partial charge < -0.3 is 33.8 Å². The molecule has 1 aromatic rings. The van der Waals surface area contributed by atoms with E-state index in [0.29, 0.717) is 12.8 Å². The zero-order valence-electron chi connectivity index (χ0n) is 25.0. The lowest BCUT2D eigenvalue weighted by atomic mass is 9.45. The highest BCUT2D eigenvalue weighted by Gasteiger charge is 2.66. The van der Waals surface area contributed by atoms with E-state index in [1.165, 1.54) is 18.6 Å². The largest absolute Gasteiger partial charge is 0.431 e. The summed E-state index contributed by atoms with van der Waals surface area (Å²) in [6.45, 7) is 5.90. The van der Waals surface area contributed by atoms with Gasteiger partial charge in [0.1, 0.15) is 6.10 Å². The second kappa shape index (κ2) is 11.1. The Kier molecular flexibility index (Phi) is 7.78. The number of allylic oxidation sites excluding steroid dienone is 1. The van der Waals surface area contributed by atoms with Crippen LogP contribution < -0.4 is 5.63 Å². The summed E-state index contributed by atoms with van der Waals surface area (Å²) in [6.07, 6.45) is 2.20. The molecule has 1 aromatic heterocycles. The average Bonchev–Trinajstić information content (AvgIpc) is 3.24. The molecule has 1 aliphatic heterocycles. The van der Waals surface area contributed by atoms with Gasteiger partial charge in [-0.25, -0.2) is 4.79 Å². The summed E-state index contributed by atoms with van der Waals surface area (Å²) >= 11 is 0. The molecule has 3 saturated carbocycles. The number of rotatable bonds is 7. The minimum atomic E-state index is -1.71. The Labute approximate surface area is 253 Å². The average molecular weight is 621 g/mol. The minimum Gasteiger partial charge on any atom is -0.431 e. The Morgan fingerprint density at radius 2 is 1.70 bits per heavy atom. The third-order valence-electron chi connectivity index (χ3n) is 11.9. The van der Waals surface area contributed by atoms with E-state index in [1.807, 2.05) is 6.07 Å². The molecule has 0 radical (unpaired) electrons. The molecule has 1 saturated heterocycles. The first kappa shape index (κ1) is 30.9. The number of nitrogens with zero attached hydrogens (tertiary/aromatic N) is 2. The van der Waals surface area contributed by atoms with Crippen LogP contribution in [0.2, 0.25) is 0 Å². The number of ether oxygens (including phenoxy) is 2. The molecule has 5 aliphatic rings. The number of hydrogen-bond donors (Lipinski definition) is 2. The van der Waals surface area contributed by atoms with Crippen LogP contribution in [0.1, 0.15) is 83.6 Å². The molecule has 0 spiro atoms. The molecule has 12 atom stereocenters. The van der Waals surface area contributed by atoms with E-state index >= 15 is 0 Å². The quantitative estimate of drug-likeness (QED) is 0.256. The molecule has 2 heterocycles. The van der Waals surface area contributed by atoms with Gasteiger partial charge in [0.05, 0.1) is 24.1 Å². The maximum atomic E-state index is 12.4. The SMILES string of the molecule is C[C@@H]1O[C@@H](O[C@@H]2C=C3CC[C@@H]4[C@H](CC[C@]5(C)[C@@H](c6ccc(=O)oc6)CC[C@]45O)[C@@]3(C)CC2)[C@H](O)[C@H](O[N+](=O)[O-])[C@H]1O[N+](=O)[O-]. The molecule has 0 unspecified atom stereocenters. The van der Waals surface area contributed by atoms with Crippen LogP contribution in [-0.2, 0) is 19.1 Å². The minimum absolute atomic E-state index is 0.106. The first-order valence-corrected chi connectivity index (χ1v) is 15.4. The van der Waals surface area contributed by atoms with Crippen molar-refractivity contribution in [1.82, 2.24) is 0 Å². The van der Waals surface area contributed by atoms with Crippen molar-refractivity contribution >= 4 is 0 Å². The predicted octanol–water partition coefficient (Wildman–Crippen LogP) is 3.45. The van der Waals surface area contributed by atoms with Gasteiger partial charge in [-0.2, -0.15) is 0 Å². The molecule has 6 rings (SSSR count). The van der Waals surface area contributed by atoms with Crippen molar-refractivity contribution in [2.75, 3.05) is 0 Å². The Bertz CT molecular complexity index is 1360. The topological polar surface area (TPSA) is 194 Å². The van der Waals surface area contributed by atoms with Crippen molar-refractivity contribution in [3.63, 3.8) is 0 Å². The summed E-state index contributed by atoms with van der Waals surface area (Å²) in [5.74, 6) is 0.488. The summed E-state index contributed by atoms with van der Waals surface area (Å²) in [5, 5.41) is 43.1. The van der Waals surface area contributed by atoms with Crippen molar-refractivity contribution in [3.05, 3.63) is 66.3 Å².